The summed E-state index contributed by atoms with van der Waals surface area (Å²) >= 11 is 0. The molecule has 0 unspecified atom stereocenters. The lowest BCUT2D eigenvalue weighted by molar-refractivity contribution is -0.118. The first-order chi connectivity index (χ1) is 9.91. The number of sulfonamides is 1. The Balaban J connectivity index is 2.49. The summed E-state index contributed by atoms with van der Waals surface area (Å²) in [6.45, 7) is 3.14. The Kier molecular flexibility index (Phi) is 4.28. The van der Waals surface area contributed by atoms with Crippen molar-refractivity contribution in [3.05, 3.63) is 60.2 Å². The number of para-hydroxylation sites is 1. The average molecular weight is 304 g/mol. The molecular weight excluding hydrogens is 288 g/mol. The minimum Gasteiger partial charge on any atom is -0.274 e. The Bertz CT molecular complexity index is 725. The molecule has 1 amide bonds. The molecule has 2 aromatic rings. The van der Waals surface area contributed by atoms with Crippen molar-refractivity contribution in [3.8, 4) is 0 Å². The van der Waals surface area contributed by atoms with Crippen LogP contribution in [0.2, 0.25) is 0 Å². The van der Waals surface area contributed by atoms with Gasteiger partial charge in [0, 0.05) is 6.92 Å². The van der Waals surface area contributed by atoms with Crippen LogP contribution in [0.1, 0.15) is 12.5 Å². The molecule has 0 aromatic heterocycles. The molecule has 0 radical (unpaired) electrons. The normalized spacial score (nSPS) is 11.0. The summed E-state index contributed by atoms with van der Waals surface area (Å²) < 4.78 is 26.3. The fourth-order valence-electron chi connectivity index (χ4n) is 1.79. The summed E-state index contributed by atoms with van der Waals surface area (Å²) in [4.78, 5) is 11.5. The second-order valence-electron chi connectivity index (χ2n) is 4.59. The second kappa shape index (κ2) is 5.97. The molecule has 2 aromatic carbocycles. The fourth-order valence-corrected chi connectivity index (χ4v) is 3.12. The van der Waals surface area contributed by atoms with Crippen LogP contribution in [-0.2, 0) is 14.8 Å². The van der Waals surface area contributed by atoms with Gasteiger partial charge in [-0.3, -0.25) is 10.2 Å². The van der Waals surface area contributed by atoms with Crippen LogP contribution in [0.4, 0.5) is 5.69 Å². The fraction of sp³-hybridized carbons (Fsp3) is 0.133. The minimum absolute atomic E-state index is 0.116. The number of hydrogen-bond donors (Lipinski definition) is 1. The highest BCUT2D eigenvalue weighted by atomic mass is 32.2. The van der Waals surface area contributed by atoms with Gasteiger partial charge in [0.25, 0.3) is 10.0 Å². The summed E-state index contributed by atoms with van der Waals surface area (Å²) in [7, 11) is -3.86. The first-order valence-corrected chi connectivity index (χ1v) is 7.79. The first kappa shape index (κ1) is 15.1. The van der Waals surface area contributed by atoms with Gasteiger partial charge in [-0.05, 0) is 31.2 Å². The van der Waals surface area contributed by atoms with Gasteiger partial charge < -0.3 is 0 Å². The number of benzene rings is 2. The molecule has 5 nitrogen and oxygen atoms in total. The number of aryl methyl sites for hydroxylation is 1. The van der Waals surface area contributed by atoms with E-state index in [1.165, 1.54) is 19.1 Å². The van der Waals surface area contributed by atoms with E-state index in [0.29, 0.717) is 5.69 Å². The lowest BCUT2D eigenvalue weighted by Gasteiger charge is -2.24. The van der Waals surface area contributed by atoms with Crippen molar-refractivity contribution in [2.24, 2.45) is 0 Å². The highest BCUT2D eigenvalue weighted by Crippen LogP contribution is 2.21. The number of amides is 1. The third-order valence-electron chi connectivity index (χ3n) is 2.81. The zero-order chi connectivity index (χ0) is 15.5. The Labute approximate surface area is 124 Å². The third kappa shape index (κ3) is 3.41. The van der Waals surface area contributed by atoms with E-state index in [9.17, 15) is 13.2 Å². The van der Waals surface area contributed by atoms with Crippen molar-refractivity contribution in [2.45, 2.75) is 18.7 Å². The number of nitrogens with one attached hydrogen (secondary N) is 1. The standard InChI is InChI=1S/C15H16N2O3S/c1-12-8-10-15(11-9-12)21(19,20)17(16-13(2)18)14-6-4-3-5-7-14/h3-11H,1-2H3,(H,16,18). The van der Waals surface area contributed by atoms with Gasteiger partial charge in [0.15, 0.2) is 0 Å². The van der Waals surface area contributed by atoms with Crippen molar-refractivity contribution >= 4 is 21.6 Å². The van der Waals surface area contributed by atoms with Gasteiger partial charge in [0.05, 0.1) is 10.6 Å². The summed E-state index contributed by atoms with van der Waals surface area (Å²) in [5, 5.41) is 0. The number of anilines is 1. The zero-order valence-electron chi connectivity index (χ0n) is 11.8. The maximum absolute atomic E-state index is 12.7. The van der Waals surface area contributed by atoms with E-state index in [1.54, 1.807) is 42.5 Å². The topological polar surface area (TPSA) is 66.5 Å². The summed E-state index contributed by atoms with van der Waals surface area (Å²) in [5.74, 6) is -0.463. The molecular formula is C15H16N2O3S. The van der Waals surface area contributed by atoms with E-state index >= 15 is 0 Å². The molecule has 0 bridgehead atoms. The predicted molar refractivity (Wildman–Crippen MR) is 81.1 cm³/mol. The van der Waals surface area contributed by atoms with Crippen molar-refractivity contribution in [1.82, 2.24) is 5.43 Å². The average Bonchev–Trinajstić information content (AvgIpc) is 2.46. The van der Waals surface area contributed by atoms with Gasteiger partial charge in [-0.1, -0.05) is 35.9 Å². The van der Waals surface area contributed by atoms with Crippen LogP contribution >= 0.6 is 0 Å². The summed E-state index contributed by atoms with van der Waals surface area (Å²) in [6.07, 6.45) is 0. The Hall–Kier alpha value is -2.34. The molecule has 0 aliphatic carbocycles. The first-order valence-electron chi connectivity index (χ1n) is 6.35. The lowest BCUT2D eigenvalue weighted by Crippen LogP contribution is -2.45. The molecule has 0 saturated heterocycles. The molecule has 0 fully saturated rings. The van der Waals surface area contributed by atoms with E-state index < -0.39 is 15.9 Å². The predicted octanol–water partition coefficient (Wildman–Crippen LogP) is 2.24. The summed E-state index contributed by atoms with van der Waals surface area (Å²) in [6, 6.07) is 14.9. The quantitative estimate of drug-likeness (QED) is 0.881. The number of nitrogens with zero attached hydrogens (tertiary/aromatic N) is 1. The molecule has 110 valence electrons. The number of carbonyl (C=O) groups is 1. The Morgan fingerprint density at radius 3 is 2.10 bits per heavy atom. The van der Waals surface area contributed by atoms with Gasteiger partial charge >= 0.3 is 0 Å². The van der Waals surface area contributed by atoms with Crippen LogP contribution < -0.4 is 9.84 Å². The van der Waals surface area contributed by atoms with Crippen molar-refractivity contribution in [2.75, 3.05) is 4.41 Å². The Morgan fingerprint density at radius 1 is 1.00 bits per heavy atom. The maximum Gasteiger partial charge on any atom is 0.281 e. The van der Waals surface area contributed by atoms with Gasteiger partial charge in [-0.2, -0.15) is 12.8 Å². The van der Waals surface area contributed by atoms with E-state index in [0.717, 1.165) is 9.98 Å². The van der Waals surface area contributed by atoms with E-state index in [4.69, 9.17) is 0 Å². The number of hydrogen-bond acceptors (Lipinski definition) is 3. The number of rotatable bonds is 4. The number of carbonyl (C=O) groups excluding carboxylic acids is 1. The number of hydrazine groups is 1. The molecule has 21 heavy (non-hydrogen) atoms. The molecule has 0 spiro atoms. The van der Waals surface area contributed by atoms with Crippen molar-refractivity contribution < 1.29 is 13.2 Å². The second-order valence-corrected chi connectivity index (χ2v) is 6.37. The molecule has 0 heterocycles. The summed E-state index contributed by atoms with van der Waals surface area (Å²) in [5.41, 5.74) is 3.68. The van der Waals surface area contributed by atoms with E-state index in [-0.39, 0.29) is 4.90 Å². The SMILES string of the molecule is CC(=O)NN(c1ccccc1)S(=O)(=O)c1ccc(C)cc1. The maximum atomic E-state index is 12.7. The van der Waals surface area contributed by atoms with E-state index in [1.807, 2.05) is 6.92 Å². The van der Waals surface area contributed by atoms with Gasteiger partial charge in [0.1, 0.15) is 0 Å². The molecule has 0 aliphatic heterocycles. The van der Waals surface area contributed by atoms with Crippen LogP contribution in [0.3, 0.4) is 0 Å². The third-order valence-corrected chi connectivity index (χ3v) is 4.46. The van der Waals surface area contributed by atoms with Gasteiger partial charge in [-0.25, -0.2) is 0 Å². The van der Waals surface area contributed by atoms with Crippen LogP contribution in [0, 0.1) is 6.92 Å². The highest BCUT2D eigenvalue weighted by molar-refractivity contribution is 7.92. The van der Waals surface area contributed by atoms with Crippen LogP contribution in [0.5, 0.6) is 0 Å². The van der Waals surface area contributed by atoms with Crippen LogP contribution in [-0.4, -0.2) is 14.3 Å². The molecule has 0 atom stereocenters. The zero-order valence-corrected chi connectivity index (χ0v) is 12.6. The lowest BCUT2D eigenvalue weighted by atomic mass is 10.2. The monoisotopic (exact) mass is 304 g/mol. The molecule has 2 rings (SSSR count). The molecule has 1 N–H and O–H groups in total. The molecule has 6 heteroatoms. The van der Waals surface area contributed by atoms with Gasteiger partial charge in [-0.15, -0.1) is 0 Å². The van der Waals surface area contributed by atoms with Crippen LogP contribution in [0.25, 0.3) is 0 Å². The van der Waals surface area contributed by atoms with Crippen molar-refractivity contribution in [3.63, 3.8) is 0 Å². The molecule has 0 saturated carbocycles. The largest absolute Gasteiger partial charge is 0.281 e. The van der Waals surface area contributed by atoms with Crippen molar-refractivity contribution in [1.29, 1.82) is 0 Å². The van der Waals surface area contributed by atoms with Gasteiger partial charge in [0.2, 0.25) is 5.91 Å². The smallest absolute Gasteiger partial charge is 0.274 e. The molecule has 0 aliphatic rings. The highest BCUT2D eigenvalue weighted by Gasteiger charge is 2.25. The Morgan fingerprint density at radius 2 is 1.57 bits per heavy atom. The minimum atomic E-state index is -3.86. The van der Waals surface area contributed by atoms with Crippen LogP contribution in [0.15, 0.2) is 59.5 Å². The van der Waals surface area contributed by atoms with E-state index in [2.05, 4.69) is 5.43 Å².